The maximum absolute atomic E-state index is 13.4. The summed E-state index contributed by atoms with van der Waals surface area (Å²) >= 11 is 0. The molecule has 2 aromatic carbocycles. The molecule has 0 unspecified atom stereocenters. The quantitative estimate of drug-likeness (QED) is 0.787. The lowest BCUT2D eigenvalue weighted by molar-refractivity contribution is 0.0787. The fraction of sp³-hybridized carbons (Fsp3) is 0.333. The Balaban J connectivity index is 2.16. The van der Waals surface area contributed by atoms with Crippen molar-refractivity contribution in [3.05, 3.63) is 65.7 Å². The molecule has 5 heteroatoms. The Morgan fingerprint density at radius 3 is 2.42 bits per heavy atom. The van der Waals surface area contributed by atoms with Crippen LogP contribution in [0.5, 0.6) is 5.75 Å². The monoisotopic (exact) mass is 372 g/mol. The SMILES string of the molecule is COc1cccc(/C(=C\C2CCOCC2)S(=O)(=O)c2ccccc2)c1C. The van der Waals surface area contributed by atoms with Crippen molar-refractivity contribution in [2.75, 3.05) is 20.3 Å². The normalized spacial score (nSPS) is 16.5. The number of rotatable bonds is 5. The van der Waals surface area contributed by atoms with Gasteiger partial charge in [-0.3, -0.25) is 0 Å². The van der Waals surface area contributed by atoms with E-state index in [0.717, 1.165) is 18.4 Å². The van der Waals surface area contributed by atoms with Crippen molar-refractivity contribution in [2.45, 2.75) is 24.7 Å². The molecule has 1 saturated heterocycles. The van der Waals surface area contributed by atoms with Gasteiger partial charge >= 0.3 is 0 Å². The first-order valence-corrected chi connectivity index (χ1v) is 10.3. The van der Waals surface area contributed by atoms with Gasteiger partial charge in [-0.05, 0) is 55.0 Å². The van der Waals surface area contributed by atoms with Gasteiger partial charge < -0.3 is 9.47 Å². The number of hydrogen-bond donors (Lipinski definition) is 0. The molecule has 0 N–H and O–H groups in total. The molecule has 0 amide bonds. The first-order valence-electron chi connectivity index (χ1n) is 8.77. The average Bonchev–Trinajstić information content (AvgIpc) is 2.68. The Bertz CT molecular complexity index is 879. The van der Waals surface area contributed by atoms with E-state index in [2.05, 4.69) is 0 Å². The van der Waals surface area contributed by atoms with Crippen LogP contribution < -0.4 is 4.74 Å². The smallest absolute Gasteiger partial charge is 0.206 e. The topological polar surface area (TPSA) is 52.6 Å². The van der Waals surface area contributed by atoms with Crippen LogP contribution in [0.3, 0.4) is 0 Å². The molecule has 4 nitrogen and oxygen atoms in total. The Hall–Kier alpha value is -2.11. The van der Waals surface area contributed by atoms with Gasteiger partial charge in [0.25, 0.3) is 0 Å². The van der Waals surface area contributed by atoms with E-state index in [-0.39, 0.29) is 5.92 Å². The molecule has 1 heterocycles. The van der Waals surface area contributed by atoms with Crippen molar-refractivity contribution in [3.8, 4) is 5.75 Å². The highest BCUT2D eigenvalue weighted by Crippen LogP contribution is 2.35. The molecule has 0 aromatic heterocycles. The fourth-order valence-electron chi connectivity index (χ4n) is 3.25. The second kappa shape index (κ2) is 8.06. The summed E-state index contributed by atoms with van der Waals surface area (Å²) in [5.74, 6) is 0.867. The zero-order chi connectivity index (χ0) is 18.6. The molecule has 2 aromatic rings. The minimum absolute atomic E-state index is 0.183. The molecule has 138 valence electrons. The van der Waals surface area contributed by atoms with Crippen molar-refractivity contribution >= 4 is 14.7 Å². The largest absolute Gasteiger partial charge is 0.496 e. The van der Waals surface area contributed by atoms with Gasteiger partial charge in [0.15, 0.2) is 0 Å². The van der Waals surface area contributed by atoms with Gasteiger partial charge in [0.2, 0.25) is 9.84 Å². The van der Waals surface area contributed by atoms with Gasteiger partial charge in [-0.1, -0.05) is 36.4 Å². The van der Waals surface area contributed by atoms with Crippen LogP contribution in [0.25, 0.3) is 4.91 Å². The number of hydrogen-bond acceptors (Lipinski definition) is 4. The highest BCUT2D eigenvalue weighted by Gasteiger charge is 2.26. The van der Waals surface area contributed by atoms with E-state index in [9.17, 15) is 8.42 Å². The Labute approximate surface area is 155 Å². The molecule has 0 saturated carbocycles. The Kier molecular flexibility index (Phi) is 5.79. The fourth-order valence-corrected chi connectivity index (χ4v) is 4.90. The molecule has 0 aliphatic carbocycles. The van der Waals surface area contributed by atoms with Gasteiger partial charge in [0.05, 0.1) is 16.9 Å². The molecule has 26 heavy (non-hydrogen) atoms. The third kappa shape index (κ3) is 3.84. The first-order chi connectivity index (χ1) is 12.5. The summed E-state index contributed by atoms with van der Waals surface area (Å²) in [7, 11) is -2.04. The lowest BCUT2D eigenvalue weighted by Crippen LogP contribution is -2.16. The molecule has 1 fully saturated rings. The van der Waals surface area contributed by atoms with Crippen molar-refractivity contribution < 1.29 is 17.9 Å². The zero-order valence-electron chi connectivity index (χ0n) is 15.1. The number of ether oxygens (including phenoxy) is 2. The van der Waals surface area contributed by atoms with Crippen LogP contribution in [0, 0.1) is 12.8 Å². The van der Waals surface area contributed by atoms with Crippen LogP contribution in [0.2, 0.25) is 0 Å². The van der Waals surface area contributed by atoms with Crippen LogP contribution in [0.4, 0.5) is 0 Å². The van der Waals surface area contributed by atoms with E-state index in [1.54, 1.807) is 31.4 Å². The molecular weight excluding hydrogens is 348 g/mol. The van der Waals surface area contributed by atoms with E-state index < -0.39 is 9.84 Å². The van der Waals surface area contributed by atoms with E-state index in [1.165, 1.54) is 0 Å². The second-order valence-corrected chi connectivity index (χ2v) is 8.35. The van der Waals surface area contributed by atoms with Crippen molar-refractivity contribution in [1.82, 2.24) is 0 Å². The van der Waals surface area contributed by atoms with Crippen LogP contribution in [0.15, 0.2) is 59.5 Å². The molecule has 3 rings (SSSR count). The van der Waals surface area contributed by atoms with Gasteiger partial charge in [-0.15, -0.1) is 0 Å². The van der Waals surface area contributed by atoms with Crippen LogP contribution in [-0.4, -0.2) is 28.7 Å². The number of allylic oxidation sites excluding steroid dienone is 1. The van der Waals surface area contributed by atoms with Crippen LogP contribution in [0.1, 0.15) is 24.0 Å². The first kappa shape index (κ1) is 18.7. The summed E-state index contributed by atoms with van der Waals surface area (Å²) in [6.45, 7) is 3.22. The van der Waals surface area contributed by atoms with Crippen molar-refractivity contribution in [1.29, 1.82) is 0 Å². The second-order valence-electron chi connectivity index (χ2n) is 6.43. The highest BCUT2D eigenvalue weighted by atomic mass is 32.2. The standard InChI is InChI=1S/C21H24O4S/c1-16-19(9-6-10-20(16)24-2)21(15-17-11-13-25-14-12-17)26(22,23)18-7-4-3-5-8-18/h3-10,15,17H,11-14H2,1-2H3/b21-15+. The molecule has 0 bridgehead atoms. The van der Waals surface area contributed by atoms with Gasteiger partial charge in [-0.2, -0.15) is 0 Å². The lowest BCUT2D eigenvalue weighted by atomic mass is 9.97. The number of sulfone groups is 1. The molecule has 0 atom stereocenters. The highest BCUT2D eigenvalue weighted by molar-refractivity contribution is 8.00. The minimum atomic E-state index is -3.64. The van der Waals surface area contributed by atoms with Crippen LogP contribution in [-0.2, 0) is 14.6 Å². The van der Waals surface area contributed by atoms with E-state index >= 15 is 0 Å². The lowest BCUT2D eigenvalue weighted by Gasteiger charge is -2.21. The van der Waals surface area contributed by atoms with E-state index in [1.807, 2.05) is 37.3 Å². The average molecular weight is 372 g/mol. The van der Waals surface area contributed by atoms with E-state index in [0.29, 0.717) is 34.3 Å². The summed E-state index contributed by atoms with van der Waals surface area (Å²) in [5.41, 5.74) is 1.52. The van der Waals surface area contributed by atoms with Crippen molar-refractivity contribution in [3.63, 3.8) is 0 Å². The summed E-state index contributed by atoms with van der Waals surface area (Å²) in [6.07, 6.45) is 3.57. The Morgan fingerprint density at radius 1 is 1.08 bits per heavy atom. The molecule has 1 aliphatic rings. The summed E-state index contributed by atoms with van der Waals surface area (Å²) < 4.78 is 37.7. The van der Waals surface area contributed by atoms with E-state index in [4.69, 9.17) is 9.47 Å². The van der Waals surface area contributed by atoms with Crippen molar-refractivity contribution in [2.24, 2.45) is 5.92 Å². The van der Waals surface area contributed by atoms with Gasteiger partial charge in [0.1, 0.15) is 5.75 Å². The third-order valence-corrected chi connectivity index (χ3v) is 6.59. The number of methoxy groups -OCH3 is 1. The van der Waals surface area contributed by atoms with Crippen LogP contribution >= 0.6 is 0 Å². The molecular formula is C21H24O4S. The van der Waals surface area contributed by atoms with Gasteiger partial charge in [0, 0.05) is 13.2 Å². The summed E-state index contributed by atoms with van der Waals surface area (Å²) in [6, 6.07) is 14.1. The molecule has 1 aliphatic heterocycles. The summed E-state index contributed by atoms with van der Waals surface area (Å²) in [4.78, 5) is 0.660. The van der Waals surface area contributed by atoms with Gasteiger partial charge in [-0.25, -0.2) is 8.42 Å². The molecule has 0 spiro atoms. The Morgan fingerprint density at radius 2 is 1.77 bits per heavy atom. The third-order valence-electron chi connectivity index (χ3n) is 4.77. The summed E-state index contributed by atoms with van der Waals surface area (Å²) in [5, 5.41) is 0. The zero-order valence-corrected chi connectivity index (χ0v) is 16.0. The minimum Gasteiger partial charge on any atom is -0.496 e. The predicted molar refractivity (Wildman–Crippen MR) is 103 cm³/mol. The maximum Gasteiger partial charge on any atom is 0.206 e. The maximum atomic E-state index is 13.4. The number of benzene rings is 2. The predicted octanol–water partition coefficient (Wildman–Crippen LogP) is 4.25. The molecule has 0 radical (unpaired) electrons.